The van der Waals surface area contributed by atoms with Gasteiger partial charge in [-0.1, -0.05) is 0 Å². The number of rotatable bonds is 6. The van der Waals surface area contributed by atoms with Crippen molar-refractivity contribution in [2.24, 2.45) is 5.92 Å². The van der Waals surface area contributed by atoms with Crippen LogP contribution in [0.15, 0.2) is 18.5 Å². The molecule has 1 saturated heterocycles. The van der Waals surface area contributed by atoms with Crippen LogP contribution >= 0.6 is 0 Å². The number of hydrogen-bond acceptors (Lipinski definition) is 4. The second kappa shape index (κ2) is 7.90. The number of carbonyl (C=O) groups excluding carboxylic acids is 1. The van der Waals surface area contributed by atoms with Gasteiger partial charge in [0.25, 0.3) is 0 Å². The van der Waals surface area contributed by atoms with E-state index in [0.717, 1.165) is 38.9 Å². The number of amides is 2. The predicted octanol–water partition coefficient (Wildman–Crippen LogP) is 1.31. The van der Waals surface area contributed by atoms with Crippen molar-refractivity contribution in [1.82, 2.24) is 15.2 Å². The first-order valence-electron chi connectivity index (χ1n) is 7.04. The molecular weight excluding hydrogens is 275 g/mol. The minimum Gasteiger partial charge on any atom is -0.383 e. The van der Waals surface area contributed by atoms with Gasteiger partial charge in [0, 0.05) is 32.8 Å². The van der Waals surface area contributed by atoms with Gasteiger partial charge in [0.15, 0.2) is 0 Å². The first-order chi connectivity index (χ1) is 10.2. The summed E-state index contributed by atoms with van der Waals surface area (Å²) in [6, 6.07) is 0.895. The van der Waals surface area contributed by atoms with Gasteiger partial charge in [-0.2, -0.15) is 0 Å². The fourth-order valence-electron chi connectivity index (χ4n) is 2.40. The Labute approximate surface area is 123 Å². The maximum atomic E-state index is 12.9. The van der Waals surface area contributed by atoms with Crippen molar-refractivity contribution in [3.63, 3.8) is 0 Å². The van der Waals surface area contributed by atoms with Crippen LogP contribution < -0.4 is 10.6 Å². The van der Waals surface area contributed by atoms with Crippen molar-refractivity contribution in [2.45, 2.75) is 6.42 Å². The predicted molar refractivity (Wildman–Crippen MR) is 77.6 cm³/mol. The van der Waals surface area contributed by atoms with Crippen LogP contribution in [-0.4, -0.2) is 55.8 Å². The van der Waals surface area contributed by atoms with Crippen molar-refractivity contribution in [2.75, 3.05) is 45.2 Å². The number of nitrogens with zero attached hydrogens (tertiary/aromatic N) is 2. The molecule has 0 unspecified atom stereocenters. The standard InChI is InChI=1S/C14H21FN4O2/c1-21-5-4-19-3-2-11(10-19)7-17-14(20)18-13-6-12(15)8-16-9-13/h6,8-9,11H,2-5,7,10H2,1H3,(H2,17,18,20)/t11-/m1/s1. The highest BCUT2D eigenvalue weighted by atomic mass is 19.1. The zero-order valence-electron chi connectivity index (χ0n) is 12.1. The molecule has 1 fully saturated rings. The molecule has 0 bridgehead atoms. The van der Waals surface area contributed by atoms with Crippen LogP contribution in [0.2, 0.25) is 0 Å². The van der Waals surface area contributed by atoms with Gasteiger partial charge >= 0.3 is 6.03 Å². The van der Waals surface area contributed by atoms with E-state index >= 15 is 0 Å². The van der Waals surface area contributed by atoms with E-state index in [1.807, 2.05) is 0 Å². The van der Waals surface area contributed by atoms with Crippen LogP contribution in [0, 0.1) is 11.7 Å². The maximum Gasteiger partial charge on any atom is 0.319 e. The Kier molecular flexibility index (Phi) is 5.89. The van der Waals surface area contributed by atoms with Gasteiger partial charge in [-0.25, -0.2) is 9.18 Å². The van der Waals surface area contributed by atoms with E-state index in [2.05, 4.69) is 20.5 Å². The highest BCUT2D eigenvalue weighted by molar-refractivity contribution is 5.88. The average Bonchev–Trinajstić information content (AvgIpc) is 2.91. The molecule has 1 aliphatic rings. The maximum absolute atomic E-state index is 12.9. The van der Waals surface area contributed by atoms with Crippen LogP contribution in [-0.2, 0) is 4.74 Å². The minimum atomic E-state index is -0.475. The van der Waals surface area contributed by atoms with E-state index in [1.54, 1.807) is 7.11 Å². The molecule has 6 nitrogen and oxygen atoms in total. The Hall–Kier alpha value is -1.73. The number of nitrogens with one attached hydrogen (secondary N) is 2. The van der Waals surface area contributed by atoms with Crippen molar-refractivity contribution in [3.8, 4) is 0 Å². The van der Waals surface area contributed by atoms with Crippen LogP contribution in [0.4, 0.5) is 14.9 Å². The monoisotopic (exact) mass is 296 g/mol. The summed E-state index contributed by atoms with van der Waals surface area (Å²) in [6.07, 6.45) is 3.56. The summed E-state index contributed by atoms with van der Waals surface area (Å²) < 4.78 is 18.0. The lowest BCUT2D eigenvalue weighted by Gasteiger charge is -2.15. The number of methoxy groups -OCH3 is 1. The lowest BCUT2D eigenvalue weighted by Crippen LogP contribution is -2.34. The normalized spacial score (nSPS) is 18.7. The average molecular weight is 296 g/mol. The first-order valence-corrected chi connectivity index (χ1v) is 7.04. The fraction of sp³-hybridized carbons (Fsp3) is 0.571. The smallest absolute Gasteiger partial charge is 0.319 e. The van der Waals surface area contributed by atoms with Crippen molar-refractivity contribution < 1.29 is 13.9 Å². The van der Waals surface area contributed by atoms with E-state index in [9.17, 15) is 9.18 Å². The minimum absolute atomic E-state index is 0.335. The molecule has 1 aromatic rings. The molecule has 1 aliphatic heterocycles. The van der Waals surface area contributed by atoms with Crippen LogP contribution in [0.3, 0.4) is 0 Å². The molecule has 2 N–H and O–H groups in total. The summed E-state index contributed by atoms with van der Waals surface area (Å²) in [5.74, 6) is -0.0318. The molecule has 1 aromatic heterocycles. The number of anilines is 1. The number of urea groups is 1. The summed E-state index contributed by atoms with van der Waals surface area (Å²) in [7, 11) is 1.70. The number of pyridine rings is 1. The number of halogens is 1. The second-order valence-electron chi connectivity index (χ2n) is 5.17. The Bertz CT molecular complexity index is 472. The van der Waals surface area contributed by atoms with Crippen LogP contribution in [0.5, 0.6) is 0 Å². The number of carbonyl (C=O) groups is 1. The van der Waals surface area contributed by atoms with Gasteiger partial charge in [0.1, 0.15) is 5.82 Å². The van der Waals surface area contributed by atoms with Crippen molar-refractivity contribution in [3.05, 3.63) is 24.3 Å². The Morgan fingerprint density at radius 3 is 3.19 bits per heavy atom. The van der Waals surface area contributed by atoms with Crippen LogP contribution in [0.1, 0.15) is 6.42 Å². The molecule has 1 atom stereocenters. The van der Waals surface area contributed by atoms with E-state index < -0.39 is 5.82 Å². The van der Waals surface area contributed by atoms with E-state index in [-0.39, 0.29) is 6.03 Å². The molecule has 116 valence electrons. The fourth-order valence-corrected chi connectivity index (χ4v) is 2.40. The third kappa shape index (κ3) is 5.28. The molecular formula is C14H21FN4O2. The zero-order valence-corrected chi connectivity index (χ0v) is 12.1. The quantitative estimate of drug-likeness (QED) is 0.830. The first kappa shape index (κ1) is 15.7. The molecule has 2 rings (SSSR count). The Morgan fingerprint density at radius 1 is 1.57 bits per heavy atom. The summed E-state index contributed by atoms with van der Waals surface area (Å²) >= 11 is 0. The number of ether oxygens (including phenoxy) is 1. The molecule has 0 radical (unpaired) electrons. The van der Waals surface area contributed by atoms with Crippen molar-refractivity contribution >= 4 is 11.7 Å². The molecule has 0 aliphatic carbocycles. The Balaban J connectivity index is 1.68. The molecule has 0 aromatic carbocycles. The zero-order chi connectivity index (χ0) is 15.1. The molecule has 2 amide bonds. The van der Waals surface area contributed by atoms with Gasteiger partial charge in [0.05, 0.1) is 24.7 Å². The molecule has 21 heavy (non-hydrogen) atoms. The second-order valence-corrected chi connectivity index (χ2v) is 5.17. The lowest BCUT2D eigenvalue weighted by atomic mass is 10.1. The van der Waals surface area contributed by atoms with Crippen LogP contribution in [0.25, 0.3) is 0 Å². The largest absolute Gasteiger partial charge is 0.383 e. The molecule has 2 heterocycles. The summed E-state index contributed by atoms with van der Waals surface area (Å²) in [5.41, 5.74) is 0.348. The summed E-state index contributed by atoms with van der Waals surface area (Å²) in [5, 5.41) is 5.38. The van der Waals surface area contributed by atoms with E-state index in [4.69, 9.17) is 4.74 Å². The number of hydrogen-bond donors (Lipinski definition) is 2. The SMILES string of the molecule is COCCN1CC[C@H](CNC(=O)Nc2cncc(F)c2)C1. The topological polar surface area (TPSA) is 66.5 Å². The van der Waals surface area contributed by atoms with E-state index in [1.165, 1.54) is 12.3 Å². The third-order valence-electron chi connectivity index (χ3n) is 3.50. The summed E-state index contributed by atoms with van der Waals surface area (Å²) in [6.45, 7) is 4.26. The molecule has 0 saturated carbocycles. The van der Waals surface area contributed by atoms with Gasteiger partial charge < -0.3 is 20.3 Å². The Morgan fingerprint density at radius 2 is 2.43 bits per heavy atom. The lowest BCUT2D eigenvalue weighted by molar-refractivity contribution is 0.159. The van der Waals surface area contributed by atoms with Crippen molar-refractivity contribution in [1.29, 1.82) is 0 Å². The third-order valence-corrected chi connectivity index (χ3v) is 3.50. The summed E-state index contributed by atoms with van der Waals surface area (Å²) in [4.78, 5) is 17.7. The highest BCUT2D eigenvalue weighted by Crippen LogP contribution is 2.14. The van der Waals surface area contributed by atoms with Gasteiger partial charge in [-0.05, 0) is 18.9 Å². The number of likely N-dealkylation sites (tertiary alicyclic amines) is 1. The molecule has 0 spiro atoms. The van der Waals surface area contributed by atoms with Gasteiger partial charge in [-0.3, -0.25) is 4.98 Å². The highest BCUT2D eigenvalue weighted by Gasteiger charge is 2.22. The number of aromatic nitrogens is 1. The van der Waals surface area contributed by atoms with E-state index in [0.29, 0.717) is 18.2 Å². The molecule has 7 heteroatoms. The van der Waals surface area contributed by atoms with Gasteiger partial charge in [0.2, 0.25) is 0 Å². The van der Waals surface area contributed by atoms with Gasteiger partial charge in [-0.15, -0.1) is 0 Å².